The summed E-state index contributed by atoms with van der Waals surface area (Å²) in [7, 11) is 0. The van der Waals surface area contributed by atoms with Gasteiger partial charge < -0.3 is 14.7 Å². The van der Waals surface area contributed by atoms with Crippen molar-refractivity contribution in [3.8, 4) is 0 Å². The Hall–Kier alpha value is -2.21. The number of carboxylic acids is 1. The molecule has 0 unspecified atom stereocenters. The lowest BCUT2D eigenvalue weighted by Gasteiger charge is -2.33. The van der Waals surface area contributed by atoms with Gasteiger partial charge in [-0.2, -0.15) is 0 Å². The molecule has 1 aromatic heterocycles. The number of carboxylic acid groups (broad SMARTS) is 1. The number of rotatable bonds is 2. The van der Waals surface area contributed by atoms with Crippen molar-refractivity contribution in [2.75, 3.05) is 31.2 Å². The predicted octanol–water partition coefficient (Wildman–Crippen LogP) is 2.61. The lowest BCUT2D eigenvalue weighted by Crippen LogP contribution is -2.46. The molecule has 4 rings (SSSR count). The number of fused-ring (bicyclic) bond motifs is 2. The van der Waals surface area contributed by atoms with Crippen LogP contribution in [0.1, 0.15) is 12.1 Å². The highest BCUT2D eigenvalue weighted by atomic mass is 19.1. The highest BCUT2D eigenvalue weighted by molar-refractivity contribution is 5.92. The monoisotopic (exact) mass is 330 g/mol. The van der Waals surface area contributed by atoms with Gasteiger partial charge in [0.05, 0.1) is 12.1 Å². The Labute approximate surface area is 139 Å². The molecule has 2 aromatic rings. The molecular weight excluding hydrogens is 311 g/mol. The molecule has 24 heavy (non-hydrogen) atoms. The summed E-state index contributed by atoms with van der Waals surface area (Å²) in [5.41, 5.74) is 1.53. The second kappa shape index (κ2) is 5.41. The minimum Gasteiger partial charge on any atom is -0.481 e. The molecule has 2 atom stereocenters. The van der Waals surface area contributed by atoms with E-state index >= 15 is 0 Å². The van der Waals surface area contributed by atoms with Gasteiger partial charge in [-0.25, -0.2) is 4.39 Å². The zero-order valence-electron chi connectivity index (χ0n) is 13.5. The van der Waals surface area contributed by atoms with Crippen molar-refractivity contribution in [1.29, 1.82) is 0 Å². The number of hydrogen-bond acceptors (Lipinski definition) is 4. The van der Waals surface area contributed by atoms with Gasteiger partial charge in [0.15, 0.2) is 0 Å². The molecule has 0 saturated carbocycles. The van der Waals surface area contributed by atoms with Crippen molar-refractivity contribution < 1.29 is 19.0 Å². The molecule has 2 aliphatic heterocycles. The van der Waals surface area contributed by atoms with Crippen LogP contribution >= 0.6 is 0 Å². The van der Waals surface area contributed by atoms with Crippen molar-refractivity contribution >= 4 is 22.6 Å². The second-order valence-electron chi connectivity index (χ2n) is 6.82. The molecular formula is C18H19FN2O3. The molecule has 5 nitrogen and oxygen atoms in total. The van der Waals surface area contributed by atoms with Gasteiger partial charge in [-0.3, -0.25) is 9.78 Å². The molecule has 1 N–H and O–H groups in total. The first-order valence-corrected chi connectivity index (χ1v) is 8.13. The fourth-order valence-electron chi connectivity index (χ4n) is 4.04. The largest absolute Gasteiger partial charge is 0.481 e. The fraction of sp³-hybridized carbons (Fsp3) is 0.444. The van der Waals surface area contributed by atoms with Crippen LogP contribution in [0.3, 0.4) is 0 Å². The number of ether oxygens (including phenoxy) is 1. The Balaban J connectivity index is 1.81. The summed E-state index contributed by atoms with van der Waals surface area (Å²) >= 11 is 0. The Bertz CT molecular complexity index is 825. The van der Waals surface area contributed by atoms with E-state index in [-0.39, 0.29) is 18.3 Å². The van der Waals surface area contributed by atoms with E-state index in [1.807, 2.05) is 13.0 Å². The van der Waals surface area contributed by atoms with Crippen LogP contribution in [0.2, 0.25) is 0 Å². The van der Waals surface area contributed by atoms with E-state index in [9.17, 15) is 14.3 Å². The van der Waals surface area contributed by atoms with Crippen molar-refractivity contribution in [2.24, 2.45) is 11.3 Å². The van der Waals surface area contributed by atoms with Gasteiger partial charge in [0.25, 0.3) is 0 Å². The van der Waals surface area contributed by atoms with Crippen LogP contribution in [-0.2, 0) is 9.53 Å². The molecule has 0 amide bonds. The summed E-state index contributed by atoms with van der Waals surface area (Å²) in [6.07, 6.45) is 0.735. The van der Waals surface area contributed by atoms with E-state index in [0.29, 0.717) is 19.7 Å². The molecule has 3 heterocycles. The Morgan fingerprint density at radius 1 is 1.46 bits per heavy atom. The van der Waals surface area contributed by atoms with E-state index in [0.717, 1.165) is 28.7 Å². The summed E-state index contributed by atoms with van der Waals surface area (Å²) in [6, 6.07) is 6.45. The van der Waals surface area contributed by atoms with Crippen LogP contribution < -0.4 is 4.90 Å². The van der Waals surface area contributed by atoms with Crippen LogP contribution in [0.4, 0.5) is 10.1 Å². The van der Waals surface area contributed by atoms with Crippen LogP contribution in [0, 0.1) is 24.1 Å². The van der Waals surface area contributed by atoms with Gasteiger partial charge in [-0.1, -0.05) is 0 Å². The first-order chi connectivity index (χ1) is 11.5. The third-order valence-electron chi connectivity index (χ3n) is 5.31. The molecule has 126 valence electrons. The summed E-state index contributed by atoms with van der Waals surface area (Å²) in [5, 5.41) is 10.5. The van der Waals surface area contributed by atoms with Crippen molar-refractivity contribution in [3.63, 3.8) is 0 Å². The Morgan fingerprint density at radius 2 is 2.29 bits per heavy atom. The van der Waals surface area contributed by atoms with Gasteiger partial charge >= 0.3 is 5.97 Å². The molecule has 0 radical (unpaired) electrons. The summed E-state index contributed by atoms with van der Waals surface area (Å²) in [5.74, 6) is -1.08. The number of halogens is 1. The average Bonchev–Trinajstić information content (AvgIpc) is 2.95. The lowest BCUT2D eigenvalue weighted by molar-refractivity contribution is -0.159. The molecule has 2 fully saturated rings. The van der Waals surface area contributed by atoms with E-state index < -0.39 is 11.4 Å². The van der Waals surface area contributed by atoms with E-state index in [1.54, 1.807) is 6.07 Å². The number of aryl methyl sites for hydroxylation is 1. The smallest absolute Gasteiger partial charge is 0.314 e. The maximum absolute atomic E-state index is 13.7. The first-order valence-electron chi connectivity index (χ1n) is 8.13. The topological polar surface area (TPSA) is 62.7 Å². The summed E-state index contributed by atoms with van der Waals surface area (Å²) < 4.78 is 19.2. The standard InChI is InChI=1S/C18H19FN2O3/c1-11-6-16(14-7-13(19)2-3-15(14)20-11)21-8-12-4-5-24-10-18(12,9-21)17(22)23/h2-3,6-7,12H,4-5,8-10H2,1H3,(H,22,23)/t12-,18+/m0/s1. The second-order valence-corrected chi connectivity index (χ2v) is 6.82. The maximum Gasteiger partial charge on any atom is 0.314 e. The molecule has 2 saturated heterocycles. The molecule has 2 aliphatic rings. The minimum absolute atomic E-state index is 0.0424. The van der Waals surface area contributed by atoms with Gasteiger partial charge in [-0.15, -0.1) is 0 Å². The third kappa shape index (κ3) is 2.24. The van der Waals surface area contributed by atoms with E-state index in [4.69, 9.17) is 4.74 Å². The number of pyridine rings is 1. The third-order valence-corrected chi connectivity index (χ3v) is 5.31. The molecule has 0 spiro atoms. The molecule has 6 heteroatoms. The van der Waals surface area contributed by atoms with Gasteiger partial charge in [0.2, 0.25) is 0 Å². The number of carbonyl (C=O) groups is 1. The summed E-state index contributed by atoms with van der Waals surface area (Å²) in [6.45, 7) is 3.75. The molecule has 0 bridgehead atoms. The van der Waals surface area contributed by atoms with Gasteiger partial charge in [-0.05, 0) is 43.5 Å². The Kier molecular flexibility index (Phi) is 3.46. The van der Waals surface area contributed by atoms with E-state index in [1.165, 1.54) is 12.1 Å². The number of anilines is 1. The Morgan fingerprint density at radius 3 is 3.04 bits per heavy atom. The van der Waals surface area contributed by atoms with Crippen molar-refractivity contribution in [2.45, 2.75) is 13.3 Å². The number of nitrogens with zero attached hydrogens (tertiary/aromatic N) is 2. The normalized spacial score (nSPS) is 26.6. The van der Waals surface area contributed by atoms with Crippen molar-refractivity contribution in [1.82, 2.24) is 4.98 Å². The number of aromatic nitrogens is 1. The number of benzene rings is 1. The fourth-order valence-corrected chi connectivity index (χ4v) is 4.04. The minimum atomic E-state index is -0.880. The van der Waals surface area contributed by atoms with E-state index in [2.05, 4.69) is 9.88 Å². The quantitative estimate of drug-likeness (QED) is 0.917. The van der Waals surface area contributed by atoms with Crippen LogP contribution in [0.5, 0.6) is 0 Å². The highest BCUT2D eigenvalue weighted by Crippen LogP contribution is 2.44. The van der Waals surface area contributed by atoms with Crippen LogP contribution in [-0.4, -0.2) is 42.4 Å². The summed E-state index contributed by atoms with van der Waals surface area (Å²) in [4.78, 5) is 18.5. The molecule has 1 aromatic carbocycles. The zero-order chi connectivity index (χ0) is 16.9. The number of hydrogen-bond donors (Lipinski definition) is 1. The van der Waals surface area contributed by atoms with Crippen LogP contribution in [0.15, 0.2) is 24.3 Å². The SMILES string of the molecule is Cc1cc(N2C[C@@H]3CCOC[C@]3(C(=O)O)C2)c2cc(F)ccc2n1. The van der Waals surface area contributed by atoms with Crippen molar-refractivity contribution in [3.05, 3.63) is 35.8 Å². The van der Waals surface area contributed by atoms with Crippen LogP contribution in [0.25, 0.3) is 10.9 Å². The zero-order valence-corrected chi connectivity index (χ0v) is 13.5. The first kappa shape index (κ1) is 15.3. The highest BCUT2D eigenvalue weighted by Gasteiger charge is 2.54. The van der Waals surface area contributed by atoms with Gasteiger partial charge in [0, 0.05) is 36.5 Å². The van der Waals surface area contributed by atoms with Gasteiger partial charge in [0.1, 0.15) is 11.2 Å². The maximum atomic E-state index is 13.7. The number of aliphatic carboxylic acids is 1. The predicted molar refractivity (Wildman–Crippen MR) is 87.6 cm³/mol. The lowest BCUT2D eigenvalue weighted by atomic mass is 9.76. The molecule has 0 aliphatic carbocycles. The average molecular weight is 330 g/mol.